The summed E-state index contributed by atoms with van der Waals surface area (Å²) in [6.45, 7) is 5.83. The van der Waals surface area contributed by atoms with Crippen molar-refractivity contribution < 1.29 is 0 Å². The zero-order chi connectivity index (χ0) is 8.27. The second kappa shape index (κ2) is 3.14. The van der Waals surface area contributed by atoms with E-state index < -0.39 is 0 Å². The van der Waals surface area contributed by atoms with Crippen molar-refractivity contribution in [3.63, 3.8) is 0 Å². The molecule has 0 bridgehead atoms. The van der Waals surface area contributed by atoms with E-state index in [9.17, 15) is 4.79 Å². The summed E-state index contributed by atoms with van der Waals surface area (Å²) in [5.74, 6) is 0. The third-order valence-corrected chi connectivity index (χ3v) is 1.31. The van der Waals surface area contributed by atoms with E-state index in [0.29, 0.717) is 6.54 Å². The maximum absolute atomic E-state index is 11.1. The molecule has 1 aromatic heterocycles. The van der Waals surface area contributed by atoms with Crippen molar-refractivity contribution in [2.45, 2.75) is 13.5 Å². The molecule has 3 heteroatoms. The highest BCUT2D eigenvalue weighted by atomic mass is 16.1. The van der Waals surface area contributed by atoms with E-state index in [0.717, 1.165) is 5.56 Å². The second-order valence-electron chi connectivity index (χ2n) is 2.34. The summed E-state index contributed by atoms with van der Waals surface area (Å²) in [7, 11) is 0. The lowest BCUT2D eigenvalue weighted by Crippen LogP contribution is -2.21. The minimum Gasteiger partial charge on any atom is -0.268 e. The molecule has 0 saturated heterocycles. The quantitative estimate of drug-likeness (QED) is 0.583. The monoisotopic (exact) mass is 150 g/mol. The topological polar surface area (TPSA) is 34.9 Å². The van der Waals surface area contributed by atoms with Crippen LogP contribution in [0.15, 0.2) is 29.7 Å². The third-order valence-electron chi connectivity index (χ3n) is 1.31. The van der Waals surface area contributed by atoms with E-state index in [1.165, 1.54) is 4.68 Å². The van der Waals surface area contributed by atoms with Crippen LogP contribution in [-0.4, -0.2) is 9.78 Å². The molecule has 0 saturated carbocycles. The molecule has 1 rings (SSSR count). The highest BCUT2D eigenvalue weighted by molar-refractivity contribution is 5.02. The number of hydrogen-bond donors (Lipinski definition) is 0. The van der Waals surface area contributed by atoms with Crippen molar-refractivity contribution in [1.29, 1.82) is 0 Å². The molecule has 0 aliphatic rings. The summed E-state index contributed by atoms with van der Waals surface area (Å²) in [5.41, 5.74) is 0.806. The molecule has 0 fully saturated rings. The largest absolute Gasteiger partial charge is 0.268 e. The summed E-state index contributed by atoms with van der Waals surface area (Å²) in [6.07, 6.45) is 3.30. The molecule has 1 heterocycles. The first-order valence-corrected chi connectivity index (χ1v) is 3.38. The zero-order valence-corrected chi connectivity index (χ0v) is 6.45. The van der Waals surface area contributed by atoms with Gasteiger partial charge in [0, 0.05) is 6.07 Å². The van der Waals surface area contributed by atoms with Gasteiger partial charge in [-0.25, -0.2) is 4.68 Å². The summed E-state index contributed by atoms with van der Waals surface area (Å²) >= 11 is 0. The first-order chi connectivity index (χ1) is 5.24. The van der Waals surface area contributed by atoms with E-state index >= 15 is 0 Å². The van der Waals surface area contributed by atoms with E-state index in [2.05, 4.69) is 11.7 Å². The highest BCUT2D eigenvalue weighted by Crippen LogP contribution is 1.86. The molecular formula is C8H10N2O. The summed E-state index contributed by atoms with van der Waals surface area (Å²) in [4.78, 5) is 11.1. The number of nitrogens with zero attached hydrogens (tertiary/aromatic N) is 2. The molecule has 58 valence electrons. The van der Waals surface area contributed by atoms with Gasteiger partial charge in [0.15, 0.2) is 0 Å². The number of hydrogen-bond acceptors (Lipinski definition) is 2. The van der Waals surface area contributed by atoms with Gasteiger partial charge in [0.1, 0.15) is 0 Å². The number of aryl methyl sites for hydroxylation is 1. The first kappa shape index (κ1) is 7.72. The van der Waals surface area contributed by atoms with Crippen molar-refractivity contribution >= 4 is 0 Å². The Morgan fingerprint density at radius 2 is 2.55 bits per heavy atom. The predicted molar refractivity (Wildman–Crippen MR) is 43.4 cm³/mol. The molecule has 0 amide bonds. The molecule has 0 aliphatic heterocycles. The Hall–Kier alpha value is -1.38. The average molecular weight is 150 g/mol. The van der Waals surface area contributed by atoms with Crippen LogP contribution in [0.3, 0.4) is 0 Å². The molecule has 11 heavy (non-hydrogen) atoms. The van der Waals surface area contributed by atoms with Gasteiger partial charge in [0.2, 0.25) is 0 Å². The van der Waals surface area contributed by atoms with E-state index in [1.54, 1.807) is 18.3 Å². The Bertz CT molecular complexity index is 314. The standard InChI is InChI=1S/C8H10N2O/c1-3-4-10-8(11)5-7(2)6-9-10/h3,5-6H,1,4H2,2H3. The zero-order valence-electron chi connectivity index (χ0n) is 6.45. The van der Waals surface area contributed by atoms with Crippen LogP contribution >= 0.6 is 0 Å². The van der Waals surface area contributed by atoms with Gasteiger partial charge < -0.3 is 0 Å². The lowest BCUT2D eigenvalue weighted by molar-refractivity contribution is 0.649. The number of allylic oxidation sites excluding steroid dienone is 1. The summed E-state index contributed by atoms with van der Waals surface area (Å²) in [5, 5.41) is 3.90. The van der Waals surface area contributed by atoms with Gasteiger partial charge in [-0.3, -0.25) is 4.79 Å². The SMILES string of the molecule is C=CCn1ncc(C)cc1=O. The average Bonchev–Trinajstić information content (AvgIpc) is 1.95. The van der Waals surface area contributed by atoms with E-state index in [-0.39, 0.29) is 5.56 Å². The Morgan fingerprint density at radius 3 is 3.09 bits per heavy atom. The van der Waals surface area contributed by atoms with Gasteiger partial charge in [0.25, 0.3) is 5.56 Å². The fourth-order valence-corrected chi connectivity index (χ4v) is 0.784. The first-order valence-electron chi connectivity index (χ1n) is 3.38. The van der Waals surface area contributed by atoms with Crippen LogP contribution < -0.4 is 5.56 Å². The third kappa shape index (κ3) is 1.77. The summed E-state index contributed by atoms with van der Waals surface area (Å²) < 4.78 is 1.36. The molecule has 3 nitrogen and oxygen atoms in total. The fraction of sp³-hybridized carbons (Fsp3) is 0.250. The molecular weight excluding hydrogens is 140 g/mol. The number of aromatic nitrogens is 2. The lowest BCUT2D eigenvalue weighted by atomic mass is 10.3. The van der Waals surface area contributed by atoms with Crippen molar-refractivity contribution in [3.8, 4) is 0 Å². The van der Waals surface area contributed by atoms with Gasteiger partial charge >= 0.3 is 0 Å². The van der Waals surface area contributed by atoms with Crippen LogP contribution in [0.25, 0.3) is 0 Å². The van der Waals surface area contributed by atoms with Crippen molar-refractivity contribution in [1.82, 2.24) is 9.78 Å². The van der Waals surface area contributed by atoms with Gasteiger partial charge in [-0.2, -0.15) is 5.10 Å². The normalized spacial score (nSPS) is 9.55. The fourth-order valence-electron chi connectivity index (χ4n) is 0.784. The Morgan fingerprint density at radius 1 is 1.82 bits per heavy atom. The molecule has 0 aliphatic carbocycles. The second-order valence-corrected chi connectivity index (χ2v) is 2.34. The van der Waals surface area contributed by atoms with Crippen LogP contribution in [0.1, 0.15) is 5.56 Å². The molecule has 0 radical (unpaired) electrons. The number of rotatable bonds is 2. The minimum atomic E-state index is -0.0788. The maximum atomic E-state index is 11.1. The molecule has 1 aromatic rings. The maximum Gasteiger partial charge on any atom is 0.267 e. The predicted octanol–water partition coefficient (Wildman–Crippen LogP) is 0.738. The minimum absolute atomic E-state index is 0.0788. The van der Waals surface area contributed by atoms with Crippen LogP contribution in [0.5, 0.6) is 0 Å². The lowest BCUT2D eigenvalue weighted by Gasteiger charge is -1.98. The van der Waals surface area contributed by atoms with E-state index in [1.807, 2.05) is 6.92 Å². The Balaban J connectivity index is 3.09. The molecule has 0 unspecified atom stereocenters. The molecule has 0 atom stereocenters. The van der Waals surface area contributed by atoms with Gasteiger partial charge in [-0.05, 0) is 12.5 Å². The van der Waals surface area contributed by atoms with Crippen molar-refractivity contribution in [3.05, 3.63) is 40.8 Å². The van der Waals surface area contributed by atoms with Crippen LogP contribution in [0.2, 0.25) is 0 Å². The van der Waals surface area contributed by atoms with Gasteiger partial charge in [0.05, 0.1) is 12.7 Å². The highest BCUT2D eigenvalue weighted by Gasteiger charge is 1.92. The van der Waals surface area contributed by atoms with Crippen LogP contribution in [-0.2, 0) is 6.54 Å². The Kier molecular flexibility index (Phi) is 2.21. The molecule has 0 N–H and O–H groups in total. The van der Waals surface area contributed by atoms with Gasteiger partial charge in [-0.15, -0.1) is 6.58 Å². The van der Waals surface area contributed by atoms with E-state index in [4.69, 9.17) is 0 Å². The van der Waals surface area contributed by atoms with Crippen LogP contribution in [0, 0.1) is 6.92 Å². The van der Waals surface area contributed by atoms with Crippen molar-refractivity contribution in [2.75, 3.05) is 0 Å². The molecule has 0 spiro atoms. The Labute approximate surface area is 65.0 Å². The van der Waals surface area contributed by atoms with Gasteiger partial charge in [-0.1, -0.05) is 6.08 Å². The van der Waals surface area contributed by atoms with Crippen molar-refractivity contribution in [2.24, 2.45) is 0 Å². The summed E-state index contributed by atoms with van der Waals surface area (Å²) in [6, 6.07) is 1.55. The smallest absolute Gasteiger partial charge is 0.267 e. The van der Waals surface area contributed by atoms with Crippen LogP contribution in [0.4, 0.5) is 0 Å². The molecule has 0 aromatic carbocycles.